The fourth-order valence-corrected chi connectivity index (χ4v) is 1.87. The van der Waals surface area contributed by atoms with Gasteiger partial charge in [-0.25, -0.2) is 4.79 Å². The van der Waals surface area contributed by atoms with Gasteiger partial charge in [0.25, 0.3) is 0 Å². The van der Waals surface area contributed by atoms with E-state index in [0.717, 1.165) is 17.7 Å². The Labute approximate surface area is 100 Å². The Balaban J connectivity index is 2.16. The van der Waals surface area contributed by atoms with Crippen LogP contribution >= 0.6 is 0 Å². The Kier molecular flexibility index (Phi) is 3.37. The lowest BCUT2D eigenvalue weighted by Gasteiger charge is -2.26. The number of nitrogen functional groups attached to an aromatic ring is 1. The Morgan fingerprint density at radius 2 is 2.35 bits per heavy atom. The molecular formula is C12H16N2O3. The number of nitrogens with zero attached hydrogens (tertiary/aromatic N) is 1. The fraction of sp³-hybridized carbons (Fsp3) is 0.417. The number of carbonyl (C=O) groups is 1. The van der Waals surface area contributed by atoms with Crippen LogP contribution in [-0.2, 0) is 11.3 Å². The van der Waals surface area contributed by atoms with Crippen LogP contribution in [0.25, 0.3) is 0 Å². The van der Waals surface area contributed by atoms with Crippen LogP contribution in [0.5, 0.6) is 5.75 Å². The lowest BCUT2D eigenvalue weighted by molar-refractivity contribution is 0.0698. The molecule has 0 atom stereocenters. The van der Waals surface area contributed by atoms with Crippen molar-refractivity contribution in [3.8, 4) is 5.75 Å². The van der Waals surface area contributed by atoms with E-state index in [-0.39, 0.29) is 6.09 Å². The van der Waals surface area contributed by atoms with Crippen molar-refractivity contribution in [2.24, 2.45) is 0 Å². The van der Waals surface area contributed by atoms with E-state index < -0.39 is 0 Å². The molecule has 0 saturated carbocycles. The van der Waals surface area contributed by atoms with Crippen LogP contribution in [0.3, 0.4) is 0 Å². The summed E-state index contributed by atoms with van der Waals surface area (Å²) in [6, 6.07) is 5.40. The van der Waals surface area contributed by atoms with E-state index in [2.05, 4.69) is 0 Å². The SMILES string of the molecule is COc1ccc(N)cc1CN1CCCOC1=O. The van der Waals surface area contributed by atoms with Gasteiger partial charge >= 0.3 is 6.09 Å². The summed E-state index contributed by atoms with van der Waals surface area (Å²) in [5, 5.41) is 0. The van der Waals surface area contributed by atoms with E-state index in [0.29, 0.717) is 25.4 Å². The molecule has 0 radical (unpaired) electrons. The third-order valence-electron chi connectivity index (χ3n) is 2.72. The number of benzene rings is 1. The summed E-state index contributed by atoms with van der Waals surface area (Å²) in [5.74, 6) is 0.734. The number of rotatable bonds is 3. The Morgan fingerprint density at radius 3 is 3.06 bits per heavy atom. The zero-order valence-corrected chi connectivity index (χ0v) is 9.81. The summed E-state index contributed by atoms with van der Waals surface area (Å²) in [6.07, 6.45) is 0.580. The highest BCUT2D eigenvalue weighted by atomic mass is 16.6. The first-order chi connectivity index (χ1) is 8.20. The van der Waals surface area contributed by atoms with Gasteiger partial charge in [0.15, 0.2) is 0 Å². The van der Waals surface area contributed by atoms with Crippen LogP contribution in [0, 0.1) is 0 Å². The highest BCUT2D eigenvalue weighted by Crippen LogP contribution is 2.23. The number of amides is 1. The summed E-state index contributed by atoms with van der Waals surface area (Å²) in [5.41, 5.74) is 7.28. The van der Waals surface area contributed by atoms with E-state index in [1.54, 1.807) is 24.1 Å². The number of cyclic esters (lactones) is 1. The van der Waals surface area contributed by atoms with Crippen molar-refractivity contribution in [3.63, 3.8) is 0 Å². The molecule has 1 heterocycles. The molecule has 1 amide bonds. The lowest BCUT2D eigenvalue weighted by atomic mass is 10.1. The van der Waals surface area contributed by atoms with Crippen molar-refractivity contribution in [3.05, 3.63) is 23.8 Å². The van der Waals surface area contributed by atoms with Gasteiger partial charge < -0.3 is 20.1 Å². The lowest BCUT2D eigenvalue weighted by Crippen LogP contribution is -2.37. The maximum Gasteiger partial charge on any atom is 0.410 e. The van der Waals surface area contributed by atoms with E-state index in [1.165, 1.54) is 0 Å². The second-order valence-corrected chi connectivity index (χ2v) is 3.96. The van der Waals surface area contributed by atoms with Gasteiger partial charge in [-0.05, 0) is 24.6 Å². The zero-order chi connectivity index (χ0) is 12.3. The Morgan fingerprint density at radius 1 is 1.53 bits per heavy atom. The minimum Gasteiger partial charge on any atom is -0.496 e. The maximum atomic E-state index is 11.5. The average molecular weight is 236 g/mol. The summed E-state index contributed by atoms with van der Waals surface area (Å²) in [4.78, 5) is 13.2. The first-order valence-electron chi connectivity index (χ1n) is 5.55. The molecule has 0 unspecified atom stereocenters. The highest BCUT2D eigenvalue weighted by Gasteiger charge is 2.20. The third-order valence-corrected chi connectivity index (χ3v) is 2.72. The number of hydrogen-bond acceptors (Lipinski definition) is 4. The summed E-state index contributed by atoms with van der Waals surface area (Å²) < 4.78 is 10.2. The van der Waals surface area contributed by atoms with Gasteiger partial charge in [-0.1, -0.05) is 0 Å². The van der Waals surface area contributed by atoms with Gasteiger partial charge in [0.2, 0.25) is 0 Å². The molecule has 2 N–H and O–H groups in total. The summed E-state index contributed by atoms with van der Waals surface area (Å²) in [7, 11) is 1.60. The van der Waals surface area contributed by atoms with Crippen LogP contribution in [0.4, 0.5) is 10.5 Å². The monoisotopic (exact) mass is 236 g/mol. The molecule has 17 heavy (non-hydrogen) atoms. The van der Waals surface area contributed by atoms with Crippen molar-refractivity contribution in [1.82, 2.24) is 4.90 Å². The molecule has 1 saturated heterocycles. The summed E-state index contributed by atoms with van der Waals surface area (Å²) in [6.45, 7) is 1.67. The molecule has 0 aliphatic carbocycles. The molecule has 1 fully saturated rings. The standard InChI is InChI=1S/C12H16N2O3/c1-16-11-4-3-10(13)7-9(11)8-14-5-2-6-17-12(14)15/h3-4,7H,2,5-6,8,13H2,1H3. The topological polar surface area (TPSA) is 64.8 Å². The van der Waals surface area contributed by atoms with Gasteiger partial charge in [0.05, 0.1) is 20.3 Å². The van der Waals surface area contributed by atoms with Crippen LogP contribution in [-0.4, -0.2) is 31.3 Å². The first kappa shape index (κ1) is 11.6. The van der Waals surface area contributed by atoms with Crippen molar-refractivity contribution in [2.45, 2.75) is 13.0 Å². The molecule has 0 bridgehead atoms. The normalized spacial score (nSPS) is 15.6. The van der Waals surface area contributed by atoms with Crippen molar-refractivity contribution < 1.29 is 14.3 Å². The summed E-state index contributed by atoms with van der Waals surface area (Å²) >= 11 is 0. The number of ether oxygens (including phenoxy) is 2. The smallest absolute Gasteiger partial charge is 0.410 e. The highest BCUT2D eigenvalue weighted by molar-refractivity contribution is 5.68. The molecule has 1 aliphatic heterocycles. The largest absolute Gasteiger partial charge is 0.496 e. The van der Waals surface area contributed by atoms with Gasteiger partial charge in [-0.2, -0.15) is 0 Å². The fourth-order valence-electron chi connectivity index (χ4n) is 1.87. The van der Waals surface area contributed by atoms with E-state index in [4.69, 9.17) is 15.2 Å². The third kappa shape index (κ3) is 2.61. The number of nitrogens with two attached hydrogens (primary N) is 1. The quantitative estimate of drug-likeness (QED) is 0.810. The first-order valence-corrected chi connectivity index (χ1v) is 5.55. The number of methoxy groups -OCH3 is 1. The molecule has 1 aromatic rings. The molecular weight excluding hydrogens is 220 g/mol. The maximum absolute atomic E-state index is 11.5. The second-order valence-electron chi connectivity index (χ2n) is 3.96. The molecule has 0 aromatic heterocycles. The minimum absolute atomic E-state index is 0.277. The molecule has 0 spiro atoms. The Bertz CT molecular complexity index is 420. The molecule has 2 rings (SSSR count). The van der Waals surface area contributed by atoms with E-state index in [1.807, 2.05) is 6.07 Å². The van der Waals surface area contributed by atoms with Gasteiger partial charge in [0, 0.05) is 17.8 Å². The van der Waals surface area contributed by atoms with Crippen LogP contribution < -0.4 is 10.5 Å². The minimum atomic E-state index is -0.277. The van der Waals surface area contributed by atoms with E-state index in [9.17, 15) is 4.79 Å². The Hall–Kier alpha value is -1.91. The molecule has 1 aromatic carbocycles. The van der Waals surface area contributed by atoms with Crippen LogP contribution in [0.15, 0.2) is 18.2 Å². The van der Waals surface area contributed by atoms with Crippen LogP contribution in [0.1, 0.15) is 12.0 Å². The predicted molar refractivity (Wildman–Crippen MR) is 63.8 cm³/mol. The van der Waals surface area contributed by atoms with Gasteiger partial charge in [0.1, 0.15) is 5.75 Å². The predicted octanol–water partition coefficient (Wildman–Crippen LogP) is 1.62. The number of hydrogen-bond donors (Lipinski definition) is 1. The van der Waals surface area contributed by atoms with Gasteiger partial charge in [-0.3, -0.25) is 0 Å². The van der Waals surface area contributed by atoms with Crippen molar-refractivity contribution >= 4 is 11.8 Å². The second kappa shape index (κ2) is 4.95. The van der Waals surface area contributed by atoms with Crippen molar-refractivity contribution in [1.29, 1.82) is 0 Å². The van der Waals surface area contributed by atoms with Crippen molar-refractivity contribution in [2.75, 3.05) is 26.0 Å². The molecule has 92 valence electrons. The zero-order valence-electron chi connectivity index (χ0n) is 9.81. The number of anilines is 1. The van der Waals surface area contributed by atoms with Crippen LogP contribution in [0.2, 0.25) is 0 Å². The van der Waals surface area contributed by atoms with E-state index >= 15 is 0 Å². The molecule has 5 nitrogen and oxygen atoms in total. The molecule has 5 heteroatoms. The molecule has 1 aliphatic rings. The van der Waals surface area contributed by atoms with Gasteiger partial charge in [-0.15, -0.1) is 0 Å². The average Bonchev–Trinajstić information content (AvgIpc) is 2.32. The number of carbonyl (C=O) groups excluding carboxylic acids is 1.